The number of hydrogen-bond acceptors (Lipinski definition) is 3. The van der Waals surface area contributed by atoms with Crippen LogP contribution in [0.4, 0.5) is 0 Å². The molecule has 0 atom stereocenters. The van der Waals surface area contributed by atoms with Gasteiger partial charge in [0.25, 0.3) is 0 Å². The highest BCUT2D eigenvalue weighted by Crippen LogP contribution is 2.15. The lowest BCUT2D eigenvalue weighted by atomic mass is 10.0. The number of hydrogen-bond donors (Lipinski definition) is 0. The van der Waals surface area contributed by atoms with Crippen LogP contribution in [0.3, 0.4) is 0 Å². The van der Waals surface area contributed by atoms with Crippen molar-refractivity contribution < 1.29 is 4.79 Å². The molecule has 0 N–H and O–H groups in total. The first-order chi connectivity index (χ1) is 8.69. The van der Waals surface area contributed by atoms with Gasteiger partial charge in [0.05, 0.1) is 12.0 Å². The Hall–Kier alpha value is -2.23. The van der Waals surface area contributed by atoms with Gasteiger partial charge in [-0.25, -0.2) is 4.98 Å². The van der Waals surface area contributed by atoms with E-state index in [9.17, 15) is 4.79 Å². The lowest BCUT2D eigenvalue weighted by molar-refractivity contribution is 0.111. The summed E-state index contributed by atoms with van der Waals surface area (Å²) < 4.78 is 1.70. The van der Waals surface area contributed by atoms with Crippen molar-refractivity contribution in [1.82, 2.24) is 9.55 Å². The fourth-order valence-electron chi connectivity index (χ4n) is 1.95. The highest BCUT2D eigenvalue weighted by Gasteiger charge is 2.16. The number of carbonyl (C=O) groups excluding carboxylic acids is 1. The largest absolute Gasteiger partial charge is 0.331 e. The van der Waals surface area contributed by atoms with E-state index in [-0.39, 0.29) is 0 Å². The van der Waals surface area contributed by atoms with Gasteiger partial charge in [-0.2, -0.15) is 0 Å². The maximum absolute atomic E-state index is 11.1. The molecule has 0 radical (unpaired) electrons. The van der Waals surface area contributed by atoms with Crippen molar-refractivity contribution in [2.24, 2.45) is 12.0 Å². The molecule has 0 saturated heterocycles. The predicted molar refractivity (Wildman–Crippen MR) is 71.3 cm³/mol. The molecule has 1 aromatic heterocycles. The molecule has 2 aromatic rings. The van der Waals surface area contributed by atoms with Gasteiger partial charge >= 0.3 is 0 Å². The minimum absolute atomic E-state index is 0.541. The summed E-state index contributed by atoms with van der Waals surface area (Å²) in [7, 11) is 3.51. The molecule has 1 heterocycles. The van der Waals surface area contributed by atoms with Crippen LogP contribution in [0, 0.1) is 6.92 Å². The molecule has 4 nitrogen and oxygen atoms in total. The lowest BCUT2D eigenvalue weighted by Crippen LogP contribution is -2.09. The Morgan fingerprint density at radius 3 is 2.72 bits per heavy atom. The van der Waals surface area contributed by atoms with Crippen LogP contribution in [0.1, 0.15) is 27.3 Å². The van der Waals surface area contributed by atoms with Gasteiger partial charge in [0.1, 0.15) is 11.4 Å². The summed E-state index contributed by atoms with van der Waals surface area (Å²) in [6, 6.07) is 7.94. The van der Waals surface area contributed by atoms with Crippen molar-refractivity contribution in [3.8, 4) is 0 Å². The normalized spacial score (nSPS) is 11.6. The Morgan fingerprint density at radius 2 is 2.11 bits per heavy atom. The Bertz CT molecular complexity index is 611. The van der Waals surface area contributed by atoms with Crippen LogP contribution in [0.25, 0.3) is 0 Å². The predicted octanol–water partition coefficient (Wildman–Crippen LogP) is 2.01. The molecule has 18 heavy (non-hydrogen) atoms. The summed E-state index contributed by atoms with van der Waals surface area (Å²) in [5.41, 5.74) is 4.03. The second-order valence-electron chi connectivity index (χ2n) is 4.09. The highest BCUT2D eigenvalue weighted by atomic mass is 16.1. The average molecular weight is 241 g/mol. The first-order valence-electron chi connectivity index (χ1n) is 5.68. The third-order valence-electron chi connectivity index (χ3n) is 2.94. The molecule has 0 fully saturated rings. The van der Waals surface area contributed by atoms with E-state index in [4.69, 9.17) is 0 Å². The van der Waals surface area contributed by atoms with E-state index in [0.717, 1.165) is 23.1 Å². The second kappa shape index (κ2) is 4.96. The Labute approximate surface area is 106 Å². The van der Waals surface area contributed by atoms with Crippen LogP contribution in [-0.4, -0.2) is 28.6 Å². The summed E-state index contributed by atoms with van der Waals surface area (Å²) >= 11 is 0. The first kappa shape index (κ1) is 12.2. The minimum atomic E-state index is 0.541. The van der Waals surface area contributed by atoms with Gasteiger partial charge in [-0.1, -0.05) is 24.3 Å². The number of imidazole rings is 1. The van der Waals surface area contributed by atoms with E-state index in [1.807, 2.05) is 31.2 Å². The number of nitrogens with zero attached hydrogens (tertiary/aromatic N) is 3. The van der Waals surface area contributed by atoms with Crippen LogP contribution in [-0.2, 0) is 7.05 Å². The van der Waals surface area contributed by atoms with Gasteiger partial charge in [-0.05, 0) is 12.5 Å². The van der Waals surface area contributed by atoms with Crippen LogP contribution in [0.5, 0.6) is 0 Å². The van der Waals surface area contributed by atoms with Gasteiger partial charge in [-0.15, -0.1) is 0 Å². The maximum atomic E-state index is 11.1. The summed E-state index contributed by atoms with van der Waals surface area (Å²) in [4.78, 5) is 19.7. The van der Waals surface area contributed by atoms with Crippen molar-refractivity contribution >= 4 is 12.0 Å². The molecule has 0 amide bonds. The topological polar surface area (TPSA) is 47.2 Å². The molecule has 0 aliphatic carbocycles. The van der Waals surface area contributed by atoms with Crippen LogP contribution in [0.2, 0.25) is 0 Å². The summed E-state index contributed by atoms with van der Waals surface area (Å²) in [6.45, 7) is 2.02. The minimum Gasteiger partial charge on any atom is -0.331 e. The third kappa shape index (κ3) is 1.97. The number of aromatic nitrogens is 2. The van der Waals surface area contributed by atoms with Gasteiger partial charge in [0.15, 0.2) is 6.29 Å². The van der Waals surface area contributed by atoms with E-state index in [0.29, 0.717) is 11.4 Å². The van der Waals surface area contributed by atoms with Crippen molar-refractivity contribution in [3.05, 3.63) is 53.1 Å². The monoisotopic (exact) mass is 241 g/mol. The zero-order chi connectivity index (χ0) is 13.1. The van der Waals surface area contributed by atoms with Crippen LogP contribution in [0.15, 0.2) is 35.6 Å². The number of carbonyl (C=O) groups is 1. The number of rotatable bonds is 3. The molecule has 0 spiro atoms. The standard InChI is InChI=1S/C14H15N3O/c1-10-6-4-5-7-11(10)13(15-2)14-12(8-18)17(3)9-16-14/h4-9H,1-3H3. The van der Waals surface area contributed by atoms with Gasteiger partial charge in [0.2, 0.25) is 0 Å². The number of aryl methyl sites for hydroxylation is 2. The van der Waals surface area contributed by atoms with Gasteiger partial charge < -0.3 is 4.57 Å². The fourth-order valence-corrected chi connectivity index (χ4v) is 1.95. The van der Waals surface area contributed by atoms with E-state index < -0.39 is 0 Å². The van der Waals surface area contributed by atoms with Crippen molar-refractivity contribution in [2.75, 3.05) is 7.05 Å². The second-order valence-corrected chi connectivity index (χ2v) is 4.09. The highest BCUT2D eigenvalue weighted by molar-refractivity contribution is 6.15. The number of aldehydes is 1. The molecule has 4 heteroatoms. The number of benzene rings is 1. The summed E-state index contributed by atoms with van der Waals surface area (Å²) in [5, 5.41) is 0. The summed E-state index contributed by atoms with van der Waals surface area (Å²) in [5.74, 6) is 0. The molecule has 2 rings (SSSR count). The summed E-state index contributed by atoms with van der Waals surface area (Å²) in [6.07, 6.45) is 2.44. The lowest BCUT2D eigenvalue weighted by Gasteiger charge is -2.07. The molecule has 0 bridgehead atoms. The molecular formula is C14H15N3O. The van der Waals surface area contributed by atoms with Gasteiger partial charge in [0, 0.05) is 19.7 Å². The fraction of sp³-hybridized carbons (Fsp3) is 0.214. The molecule has 92 valence electrons. The molecular weight excluding hydrogens is 226 g/mol. The molecule has 0 aliphatic heterocycles. The molecule has 0 unspecified atom stereocenters. The maximum Gasteiger partial charge on any atom is 0.168 e. The van der Waals surface area contributed by atoms with Crippen molar-refractivity contribution in [2.45, 2.75) is 6.92 Å². The van der Waals surface area contributed by atoms with Gasteiger partial charge in [-0.3, -0.25) is 9.79 Å². The molecule has 0 saturated carbocycles. The number of aliphatic imine (C=N–C) groups is 1. The molecule has 0 aliphatic rings. The van der Waals surface area contributed by atoms with Crippen LogP contribution < -0.4 is 0 Å². The zero-order valence-electron chi connectivity index (χ0n) is 10.7. The zero-order valence-corrected chi connectivity index (χ0v) is 10.7. The smallest absolute Gasteiger partial charge is 0.168 e. The van der Waals surface area contributed by atoms with E-state index in [2.05, 4.69) is 9.98 Å². The third-order valence-corrected chi connectivity index (χ3v) is 2.94. The van der Waals surface area contributed by atoms with E-state index >= 15 is 0 Å². The van der Waals surface area contributed by atoms with Crippen molar-refractivity contribution in [3.63, 3.8) is 0 Å². The van der Waals surface area contributed by atoms with Crippen molar-refractivity contribution in [1.29, 1.82) is 0 Å². The average Bonchev–Trinajstić information content (AvgIpc) is 2.74. The SMILES string of the molecule is CN=C(c1ccccc1C)c1ncn(C)c1C=O. The van der Waals surface area contributed by atoms with E-state index in [1.54, 1.807) is 25.0 Å². The van der Waals surface area contributed by atoms with E-state index in [1.165, 1.54) is 0 Å². The Kier molecular flexibility index (Phi) is 3.37. The Morgan fingerprint density at radius 1 is 1.39 bits per heavy atom. The molecule has 1 aromatic carbocycles. The quantitative estimate of drug-likeness (QED) is 0.609. The Balaban J connectivity index is 2.60. The van der Waals surface area contributed by atoms with Crippen LogP contribution >= 0.6 is 0 Å². The first-order valence-corrected chi connectivity index (χ1v) is 5.68.